The summed E-state index contributed by atoms with van der Waals surface area (Å²) in [4.78, 5) is 30.6. The van der Waals surface area contributed by atoms with Gasteiger partial charge in [-0.1, -0.05) is 0 Å². The van der Waals surface area contributed by atoms with Crippen LogP contribution < -0.4 is 0 Å². The van der Waals surface area contributed by atoms with E-state index in [2.05, 4.69) is 4.74 Å². The lowest BCUT2D eigenvalue weighted by molar-refractivity contribution is -0.584. The van der Waals surface area contributed by atoms with Gasteiger partial charge in [-0.3, -0.25) is 20.2 Å². The number of carbonyl (C=O) groups excluding carboxylic acids is 1. The molecular weight excluding hydrogens is 289 g/mol. The van der Waals surface area contributed by atoms with Crippen molar-refractivity contribution >= 4 is 5.97 Å². The van der Waals surface area contributed by atoms with Crippen LogP contribution in [0.5, 0.6) is 0 Å². The maximum Gasteiger partial charge on any atom is 0.490 e. The van der Waals surface area contributed by atoms with Crippen LogP contribution in [0.2, 0.25) is 0 Å². The number of nitrogens with zero attached hydrogens (tertiary/aromatic N) is 2. The normalized spacial score (nSPS) is 26.9. The van der Waals surface area contributed by atoms with E-state index in [1.807, 2.05) is 0 Å². The molecule has 2 atom stereocenters. The van der Waals surface area contributed by atoms with Crippen molar-refractivity contribution in [1.82, 2.24) is 0 Å². The van der Waals surface area contributed by atoms with Crippen molar-refractivity contribution in [3.8, 4) is 0 Å². The molecule has 0 aromatic heterocycles. The number of rotatable bonds is 4. The topological polar surface area (TPSA) is 113 Å². The standard InChI is InChI=1S/C9H11F3N2O6/c10-9(11,12)8(15)20-4-5-6(13(16)17)2-1-3-7(5)14(18)19/h5-7H,1-4H2. The van der Waals surface area contributed by atoms with Gasteiger partial charge in [-0.05, 0) is 6.42 Å². The molecule has 1 fully saturated rings. The molecule has 0 aromatic rings. The Morgan fingerprint density at radius 2 is 1.60 bits per heavy atom. The largest absolute Gasteiger partial charge is 0.490 e. The van der Waals surface area contributed by atoms with E-state index < -0.39 is 46.6 Å². The third-order valence-electron chi connectivity index (χ3n) is 3.17. The Balaban J connectivity index is 2.80. The van der Waals surface area contributed by atoms with E-state index in [9.17, 15) is 38.2 Å². The summed E-state index contributed by atoms with van der Waals surface area (Å²) >= 11 is 0. The Morgan fingerprint density at radius 1 is 1.15 bits per heavy atom. The van der Waals surface area contributed by atoms with Crippen molar-refractivity contribution < 1.29 is 32.5 Å². The highest BCUT2D eigenvalue weighted by Crippen LogP contribution is 2.30. The van der Waals surface area contributed by atoms with Gasteiger partial charge in [0, 0.05) is 22.7 Å². The quantitative estimate of drug-likeness (QED) is 0.437. The number of hydrogen-bond acceptors (Lipinski definition) is 6. The summed E-state index contributed by atoms with van der Waals surface area (Å²) in [5, 5.41) is 21.6. The molecule has 0 aromatic carbocycles. The smallest absolute Gasteiger partial charge is 0.458 e. The summed E-state index contributed by atoms with van der Waals surface area (Å²) in [5.41, 5.74) is 0. The van der Waals surface area contributed by atoms with Crippen molar-refractivity contribution in [1.29, 1.82) is 0 Å². The number of halogens is 3. The Labute approximate surface area is 110 Å². The Morgan fingerprint density at radius 3 is 1.95 bits per heavy atom. The molecule has 0 spiro atoms. The van der Waals surface area contributed by atoms with Crippen LogP contribution in [-0.4, -0.2) is 40.7 Å². The van der Waals surface area contributed by atoms with Gasteiger partial charge in [0.1, 0.15) is 12.5 Å². The van der Waals surface area contributed by atoms with Crippen molar-refractivity contribution in [2.45, 2.75) is 37.5 Å². The third-order valence-corrected chi connectivity index (χ3v) is 3.17. The zero-order valence-electron chi connectivity index (χ0n) is 10.0. The Bertz CT molecular complexity index is 391. The van der Waals surface area contributed by atoms with E-state index >= 15 is 0 Å². The van der Waals surface area contributed by atoms with Crippen molar-refractivity contribution in [3.05, 3.63) is 20.2 Å². The monoisotopic (exact) mass is 300 g/mol. The van der Waals surface area contributed by atoms with E-state index in [0.29, 0.717) is 0 Å². The predicted molar refractivity (Wildman–Crippen MR) is 55.9 cm³/mol. The maximum atomic E-state index is 12.0. The van der Waals surface area contributed by atoms with E-state index in [1.165, 1.54) is 0 Å². The molecule has 1 aliphatic rings. The van der Waals surface area contributed by atoms with Crippen LogP contribution >= 0.6 is 0 Å². The summed E-state index contributed by atoms with van der Waals surface area (Å²) in [6, 6.07) is -2.78. The van der Waals surface area contributed by atoms with Gasteiger partial charge in [0.15, 0.2) is 0 Å². The van der Waals surface area contributed by atoms with E-state index in [0.717, 1.165) is 0 Å². The van der Waals surface area contributed by atoms with Gasteiger partial charge in [0.2, 0.25) is 12.1 Å². The first kappa shape index (κ1) is 16.1. The van der Waals surface area contributed by atoms with Gasteiger partial charge in [0.25, 0.3) is 0 Å². The molecule has 0 N–H and O–H groups in total. The number of nitro groups is 2. The van der Waals surface area contributed by atoms with E-state index in [1.54, 1.807) is 0 Å². The minimum Gasteiger partial charge on any atom is -0.458 e. The van der Waals surface area contributed by atoms with Crippen molar-refractivity contribution in [3.63, 3.8) is 0 Å². The first-order valence-corrected chi connectivity index (χ1v) is 5.65. The molecule has 11 heteroatoms. The number of carbonyl (C=O) groups is 1. The van der Waals surface area contributed by atoms with Gasteiger partial charge < -0.3 is 4.74 Å². The van der Waals surface area contributed by atoms with Crippen LogP contribution in [0.15, 0.2) is 0 Å². The summed E-state index contributed by atoms with van der Waals surface area (Å²) < 4.78 is 39.9. The van der Waals surface area contributed by atoms with Crippen molar-refractivity contribution in [2.24, 2.45) is 5.92 Å². The van der Waals surface area contributed by atoms with Gasteiger partial charge in [-0.15, -0.1) is 0 Å². The molecule has 0 saturated heterocycles. The zero-order valence-corrected chi connectivity index (χ0v) is 10.0. The predicted octanol–water partition coefficient (Wildman–Crippen LogP) is 1.18. The highest BCUT2D eigenvalue weighted by molar-refractivity contribution is 5.75. The van der Waals surface area contributed by atoms with Crippen LogP contribution in [-0.2, 0) is 9.53 Å². The second-order valence-electron chi connectivity index (χ2n) is 4.40. The summed E-state index contributed by atoms with van der Waals surface area (Å²) in [6.45, 7) is -0.990. The second kappa shape index (κ2) is 6.01. The lowest BCUT2D eigenvalue weighted by Gasteiger charge is -2.27. The van der Waals surface area contributed by atoms with Gasteiger partial charge in [-0.25, -0.2) is 4.79 Å². The summed E-state index contributed by atoms with van der Waals surface area (Å²) in [7, 11) is 0. The van der Waals surface area contributed by atoms with Crippen LogP contribution in [0.1, 0.15) is 19.3 Å². The average molecular weight is 300 g/mol. The van der Waals surface area contributed by atoms with Gasteiger partial charge in [0.05, 0.1) is 0 Å². The molecule has 114 valence electrons. The lowest BCUT2D eigenvalue weighted by atomic mass is 9.81. The van der Waals surface area contributed by atoms with Crippen LogP contribution in [0.25, 0.3) is 0 Å². The van der Waals surface area contributed by atoms with Crippen LogP contribution in [0.3, 0.4) is 0 Å². The molecule has 0 bridgehead atoms. The Hall–Kier alpha value is -1.94. The molecule has 0 amide bonds. The highest BCUT2D eigenvalue weighted by Gasteiger charge is 2.49. The first-order valence-electron chi connectivity index (χ1n) is 5.65. The van der Waals surface area contributed by atoms with Crippen molar-refractivity contribution in [2.75, 3.05) is 6.61 Å². The van der Waals surface area contributed by atoms with E-state index in [-0.39, 0.29) is 19.3 Å². The fourth-order valence-electron chi connectivity index (χ4n) is 2.22. The fourth-order valence-corrected chi connectivity index (χ4v) is 2.22. The number of ether oxygens (including phenoxy) is 1. The van der Waals surface area contributed by atoms with Crippen LogP contribution in [0, 0.1) is 26.1 Å². The van der Waals surface area contributed by atoms with Gasteiger partial charge in [-0.2, -0.15) is 13.2 Å². The molecule has 8 nitrogen and oxygen atoms in total. The highest BCUT2D eigenvalue weighted by atomic mass is 19.4. The molecule has 2 unspecified atom stereocenters. The van der Waals surface area contributed by atoms with Gasteiger partial charge >= 0.3 is 12.1 Å². The summed E-state index contributed by atoms with van der Waals surface area (Å²) in [5.74, 6) is -3.87. The minimum atomic E-state index is -5.23. The molecule has 0 aliphatic heterocycles. The molecule has 1 saturated carbocycles. The minimum absolute atomic E-state index is 0.00553. The second-order valence-corrected chi connectivity index (χ2v) is 4.40. The molecule has 20 heavy (non-hydrogen) atoms. The first-order chi connectivity index (χ1) is 9.14. The maximum absolute atomic E-state index is 12.0. The molecule has 0 heterocycles. The van der Waals surface area contributed by atoms with Crippen LogP contribution in [0.4, 0.5) is 13.2 Å². The number of alkyl halides is 3. The molecule has 1 rings (SSSR count). The third kappa shape index (κ3) is 3.78. The number of hydrogen-bond donors (Lipinski definition) is 0. The average Bonchev–Trinajstić information content (AvgIpc) is 2.33. The SMILES string of the molecule is O=C(OCC1C([N+](=O)[O-])CCCC1[N+](=O)[O-])C(F)(F)F. The lowest BCUT2D eigenvalue weighted by Crippen LogP contribution is -2.47. The molecular formula is C9H11F3N2O6. The Kier molecular flexibility index (Phi) is 4.84. The fraction of sp³-hybridized carbons (Fsp3) is 0.889. The van der Waals surface area contributed by atoms with E-state index in [4.69, 9.17) is 0 Å². The molecule has 0 radical (unpaired) electrons. The summed E-state index contributed by atoms with van der Waals surface area (Å²) in [6.07, 6.45) is -5.00. The number of esters is 1. The zero-order chi connectivity index (χ0) is 15.5. The molecule has 1 aliphatic carbocycles.